The average molecular weight is 223 g/mol. The van der Waals surface area contributed by atoms with Crippen molar-refractivity contribution in [2.24, 2.45) is 0 Å². The van der Waals surface area contributed by atoms with Crippen molar-refractivity contribution in [1.29, 1.82) is 0 Å². The molecule has 0 saturated carbocycles. The van der Waals surface area contributed by atoms with Gasteiger partial charge in [-0.15, -0.1) is 0 Å². The number of pyridine rings is 1. The molecule has 5 nitrogen and oxygen atoms in total. The molecule has 0 unspecified atom stereocenters. The number of nitrogens with one attached hydrogen (secondary N) is 1. The second kappa shape index (κ2) is 6.07. The van der Waals surface area contributed by atoms with Crippen LogP contribution in [-0.4, -0.2) is 50.1 Å². The highest BCUT2D eigenvalue weighted by Gasteiger charge is 2.07. The van der Waals surface area contributed by atoms with Gasteiger partial charge in [0.05, 0.1) is 5.56 Å². The second-order valence-corrected chi connectivity index (χ2v) is 3.54. The van der Waals surface area contributed by atoms with Gasteiger partial charge in [-0.05, 0) is 13.1 Å². The lowest BCUT2D eigenvalue weighted by molar-refractivity contribution is 0.0827. The highest BCUT2D eigenvalue weighted by atomic mass is 16.5. The largest absolute Gasteiger partial charge is 0.476 e. The Hall–Kier alpha value is -1.62. The van der Waals surface area contributed by atoms with Gasteiger partial charge in [0.15, 0.2) is 0 Å². The van der Waals surface area contributed by atoms with Crippen LogP contribution >= 0.6 is 0 Å². The molecule has 0 aromatic carbocycles. The molecule has 0 aliphatic heterocycles. The Kier molecular flexibility index (Phi) is 4.72. The van der Waals surface area contributed by atoms with Gasteiger partial charge in [-0.3, -0.25) is 4.79 Å². The van der Waals surface area contributed by atoms with Gasteiger partial charge in [0, 0.05) is 32.9 Å². The normalized spacial score (nSPS) is 9.94. The van der Waals surface area contributed by atoms with Crippen LogP contribution in [0.25, 0.3) is 0 Å². The van der Waals surface area contributed by atoms with Gasteiger partial charge in [-0.2, -0.15) is 0 Å². The molecule has 1 rings (SSSR count). The van der Waals surface area contributed by atoms with E-state index in [1.807, 2.05) is 7.05 Å². The molecule has 1 aromatic rings. The van der Waals surface area contributed by atoms with Crippen LogP contribution in [0.2, 0.25) is 0 Å². The predicted molar refractivity (Wildman–Crippen MR) is 61.7 cm³/mol. The summed E-state index contributed by atoms with van der Waals surface area (Å²) in [5.41, 5.74) is 0.561. The van der Waals surface area contributed by atoms with Crippen molar-refractivity contribution in [2.75, 3.05) is 34.3 Å². The summed E-state index contributed by atoms with van der Waals surface area (Å²) in [7, 11) is 5.27. The molecule has 0 aliphatic rings. The van der Waals surface area contributed by atoms with Gasteiger partial charge < -0.3 is 15.0 Å². The van der Waals surface area contributed by atoms with Crippen molar-refractivity contribution in [3.63, 3.8) is 0 Å². The number of hydrogen-bond acceptors (Lipinski definition) is 4. The van der Waals surface area contributed by atoms with Gasteiger partial charge in [0.1, 0.15) is 6.61 Å². The number of carbonyl (C=O) groups excluding carboxylic acids is 1. The van der Waals surface area contributed by atoms with Crippen molar-refractivity contribution < 1.29 is 9.53 Å². The van der Waals surface area contributed by atoms with Gasteiger partial charge >= 0.3 is 0 Å². The van der Waals surface area contributed by atoms with Crippen molar-refractivity contribution in [3.05, 3.63) is 23.9 Å². The Balaban J connectivity index is 2.57. The van der Waals surface area contributed by atoms with E-state index in [4.69, 9.17) is 4.74 Å². The average Bonchev–Trinajstić information content (AvgIpc) is 2.29. The van der Waals surface area contributed by atoms with Crippen LogP contribution in [0.1, 0.15) is 10.4 Å². The fourth-order valence-corrected chi connectivity index (χ4v) is 1.11. The van der Waals surface area contributed by atoms with E-state index in [9.17, 15) is 4.79 Å². The van der Waals surface area contributed by atoms with Gasteiger partial charge in [0.25, 0.3) is 5.91 Å². The molecule has 0 radical (unpaired) electrons. The maximum Gasteiger partial charge on any atom is 0.254 e. The summed E-state index contributed by atoms with van der Waals surface area (Å²) in [5.74, 6) is 0.472. The highest BCUT2D eigenvalue weighted by Crippen LogP contribution is 2.08. The topological polar surface area (TPSA) is 54.5 Å². The zero-order chi connectivity index (χ0) is 12.0. The summed E-state index contributed by atoms with van der Waals surface area (Å²) >= 11 is 0. The number of rotatable bonds is 5. The minimum atomic E-state index is -0.0609. The van der Waals surface area contributed by atoms with Crippen LogP contribution in [-0.2, 0) is 0 Å². The van der Waals surface area contributed by atoms with Gasteiger partial charge in [0.2, 0.25) is 5.88 Å². The molecule has 1 aromatic heterocycles. The third-order valence-electron chi connectivity index (χ3n) is 1.99. The third kappa shape index (κ3) is 3.51. The molecule has 0 fully saturated rings. The Morgan fingerprint density at radius 3 is 2.75 bits per heavy atom. The number of aromatic nitrogens is 1. The maximum atomic E-state index is 11.6. The van der Waals surface area contributed by atoms with Crippen molar-refractivity contribution in [2.45, 2.75) is 0 Å². The molecule has 0 bridgehead atoms. The molecule has 88 valence electrons. The Bertz CT molecular complexity index is 336. The lowest BCUT2D eigenvalue weighted by Gasteiger charge is -2.10. The lowest BCUT2D eigenvalue weighted by Crippen LogP contribution is -2.21. The highest BCUT2D eigenvalue weighted by molar-refractivity contribution is 5.93. The summed E-state index contributed by atoms with van der Waals surface area (Å²) in [6.45, 7) is 1.32. The van der Waals surface area contributed by atoms with E-state index in [1.54, 1.807) is 26.2 Å². The van der Waals surface area contributed by atoms with Crippen molar-refractivity contribution in [1.82, 2.24) is 15.2 Å². The SMILES string of the molecule is CNCCOc1ccc(C(=O)N(C)C)cn1. The number of carbonyl (C=O) groups is 1. The van der Waals surface area contributed by atoms with E-state index in [0.29, 0.717) is 18.1 Å². The monoisotopic (exact) mass is 223 g/mol. The second-order valence-electron chi connectivity index (χ2n) is 3.54. The molecule has 0 atom stereocenters. The van der Waals surface area contributed by atoms with Crippen LogP contribution in [0.3, 0.4) is 0 Å². The summed E-state index contributed by atoms with van der Waals surface area (Å²) in [4.78, 5) is 17.1. The number of likely N-dealkylation sites (N-methyl/N-ethyl adjacent to an activating group) is 1. The molecule has 0 saturated heterocycles. The first-order chi connectivity index (χ1) is 7.65. The van der Waals surface area contributed by atoms with E-state index in [1.165, 1.54) is 11.1 Å². The van der Waals surface area contributed by atoms with Crippen LogP contribution < -0.4 is 10.1 Å². The molecule has 5 heteroatoms. The Morgan fingerprint density at radius 2 is 2.25 bits per heavy atom. The zero-order valence-corrected chi connectivity index (χ0v) is 9.86. The summed E-state index contributed by atoms with van der Waals surface area (Å²) in [6, 6.07) is 3.41. The molecule has 0 spiro atoms. The molecule has 1 heterocycles. The Morgan fingerprint density at radius 1 is 1.50 bits per heavy atom. The maximum absolute atomic E-state index is 11.6. The van der Waals surface area contributed by atoms with E-state index in [2.05, 4.69) is 10.3 Å². The molecule has 1 amide bonds. The first-order valence-corrected chi connectivity index (χ1v) is 5.10. The number of ether oxygens (including phenoxy) is 1. The van der Waals surface area contributed by atoms with Gasteiger partial charge in [-0.1, -0.05) is 0 Å². The molecular weight excluding hydrogens is 206 g/mol. The molecule has 1 N–H and O–H groups in total. The summed E-state index contributed by atoms with van der Waals surface area (Å²) in [6.07, 6.45) is 1.52. The number of amides is 1. The minimum Gasteiger partial charge on any atom is -0.476 e. The van der Waals surface area contributed by atoms with E-state index in [0.717, 1.165) is 6.54 Å². The third-order valence-corrected chi connectivity index (χ3v) is 1.99. The summed E-state index contributed by atoms with van der Waals surface area (Å²) < 4.78 is 5.34. The number of hydrogen-bond donors (Lipinski definition) is 1. The van der Waals surface area contributed by atoms with Gasteiger partial charge in [-0.25, -0.2) is 4.98 Å². The van der Waals surface area contributed by atoms with Crippen molar-refractivity contribution in [3.8, 4) is 5.88 Å². The molecule has 0 aliphatic carbocycles. The molecular formula is C11H17N3O2. The minimum absolute atomic E-state index is 0.0609. The standard InChI is InChI=1S/C11H17N3O2/c1-12-6-7-16-10-5-4-9(8-13-10)11(15)14(2)3/h4-5,8,12H,6-7H2,1-3H3. The molecule has 16 heavy (non-hydrogen) atoms. The lowest BCUT2D eigenvalue weighted by atomic mass is 10.2. The van der Waals surface area contributed by atoms with Crippen LogP contribution in [0.15, 0.2) is 18.3 Å². The van der Waals surface area contributed by atoms with E-state index >= 15 is 0 Å². The predicted octanol–water partition coefficient (Wildman–Crippen LogP) is 0.382. The van der Waals surface area contributed by atoms with E-state index in [-0.39, 0.29) is 5.91 Å². The zero-order valence-electron chi connectivity index (χ0n) is 9.86. The fraction of sp³-hybridized carbons (Fsp3) is 0.455. The Labute approximate surface area is 95.4 Å². The first kappa shape index (κ1) is 12.4. The quantitative estimate of drug-likeness (QED) is 0.733. The summed E-state index contributed by atoms with van der Waals surface area (Å²) in [5, 5.41) is 2.97. The van der Waals surface area contributed by atoms with E-state index < -0.39 is 0 Å². The first-order valence-electron chi connectivity index (χ1n) is 5.10. The van der Waals surface area contributed by atoms with Crippen LogP contribution in [0.4, 0.5) is 0 Å². The number of nitrogens with zero attached hydrogens (tertiary/aromatic N) is 2. The van der Waals surface area contributed by atoms with Crippen molar-refractivity contribution >= 4 is 5.91 Å². The van der Waals surface area contributed by atoms with Crippen LogP contribution in [0, 0.1) is 0 Å². The van der Waals surface area contributed by atoms with Crippen LogP contribution in [0.5, 0.6) is 5.88 Å². The smallest absolute Gasteiger partial charge is 0.254 e. The fourth-order valence-electron chi connectivity index (χ4n) is 1.11.